The maximum atomic E-state index is 11.2. The van der Waals surface area contributed by atoms with E-state index < -0.39 is 11.9 Å². The Labute approximate surface area is 117 Å². The molecule has 0 radical (unpaired) electrons. The van der Waals surface area contributed by atoms with Gasteiger partial charge in [-0.3, -0.25) is 4.79 Å². The average molecular weight is 277 g/mol. The van der Waals surface area contributed by atoms with Crippen LogP contribution in [0, 0.1) is 5.92 Å². The van der Waals surface area contributed by atoms with E-state index >= 15 is 0 Å². The normalized spacial score (nSPS) is 25.8. The second kappa shape index (κ2) is 5.75. The molecule has 0 spiro atoms. The molecule has 2 N–H and O–H groups in total. The minimum absolute atomic E-state index is 0.213. The number of aromatic nitrogens is 2. The first-order valence-corrected chi connectivity index (χ1v) is 7.15. The molecule has 1 aliphatic carbocycles. The Morgan fingerprint density at radius 1 is 1.25 bits per heavy atom. The number of nitrogens with zero attached hydrogens (tertiary/aromatic N) is 2. The van der Waals surface area contributed by atoms with Gasteiger partial charge in [0.2, 0.25) is 0 Å². The van der Waals surface area contributed by atoms with Crippen molar-refractivity contribution in [2.75, 3.05) is 18.5 Å². The molecule has 6 heteroatoms. The number of rotatable bonds is 3. The Kier molecular flexibility index (Phi) is 3.82. The molecule has 0 saturated carbocycles. The summed E-state index contributed by atoms with van der Waals surface area (Å²) in [6.45, 7) is 0.677. The lowest BCUT2D eigenvalue weighted by atomic mass is 10.0. The molecule has 0 amide bonds. The van der Waals surface area contributed by atoms with Crippen molar-refractivity contribution in [2.24, 2.45) is 5.92 Å². The fourth-order valence-corrected chi connectivity index (χ4v) is 2.94. The van der Waals surface area contributed by atoms with Gasteiger partial charge in [0.05, 0.1) is 19.3 Å². The van der Waals surface area contributed by atoms with E-state index in [-0.39, 0.29) is 12.6 Å². The number of fused-ring (bicyclic) bond motifs is 1. The fraction of sp³-hybridized carbons (Fsp3) is 0.643. The third-order valence-corrected chi connectivity index (χ3v) is 4.09. The Balaban J connectivity index is 1.82. The zero-order valence-electron chi connectivity index (χ0n) is 11.3. The summed E-state index contributed by atoms with van der Waals surface area (Å²) in [6, 6.07) is -0.213. The molecule has 2 unspecified atom stereocenters. The number of hydrogen-bond acceptors (Lipinski definition) is 5. The quantitative estimate of drug-likeness (QED) is 0.809. The summed E-state index contributed by atoms with van der Waals surface area (Å²) in [6.07, 6.45) is 7.02. The van der Waals surface area contributed by atoms with Crippen molar-refractivity contribution in [3.8, 4) is 0 Å². The van der Waals surface area contributed by atoms with E-state index in [1.54, 1.807) is 6.33 Å². The van der Waals surface area contributed by atoms with E-state index in [9.17, 15) is 9.90 Å². The largest absolute Gasteiger partial charge is 0.481 e. The van der Waals surface area contributed by atoms with Crippen LogP contribution in [0.15, 0.2) is 6.33 Å². The molecule has 20 heavy (non-hydrogen) atoms. The van der Waals surface area contributed by atoms with Crippen molar-refractivity contribution in [1.29, 1.82) is 0 Å². The monoisotopic (exact) mass is 277 g/mol. The van der Waals surface area contributed by atoms with Crippen molar-refractivity contribution in [1.82, 2.24) is 9.97 Å². The van der Waals surface area contributed by atoms with E-state index in [0.29, 0.717) is 6.61 Å². The highest BCUT2D eigenvalue weighted by Gasteiger charge is 2.34. The standard InChI is InChI=1S/C14H19N3O3/c18-14(19)10-6-20-7-12(10)17-13-9-4-2-1-3-5-11(9)15-8-16-13/h8,10,12H,1-7H2,(H,18,19)(H,15,16,17). The summed E-state index contributed by atoms with van der Waals surface area (Å²) in [7, 11) is 0. The van der Waals surface area contributed by atoms with Crippen LogP contribution in [0.1, 0.15) is 30.5 Å². The van der Waals surface area contributed by atoms with Gasteiger partial charge in [-0.05, 0) is 25.7 Å². The van der Waals surface area contributed by atoms with E-state index in [1.165, 1.54) is 6.42 Å². The number of carbonyl (C=O) groups is 1. The number of carboxylic acid groups (broad SMARTS) is 1. The Morgan fingerprint density at radius 3 is 2.95 bits per heavy atom. The van der Waals surface area contributed by atoms with E-state index in [2.05, 4.69) is 15.3 Å². The van der Waals surface area contributed by atoms with Crippen LogP contribution in [0.3, 0.4) is 0 Å². The van der Waals surface area contributed by atoms with Gasteiger partial charge in [-0.2, -0.15) is 0 Å². The minimum atomic E-state index is -0.819. The number of aliphatic carboxylic acids is 1. The maximum Gasteiger partial charge on any atom is 0.311 e. The first kappa shape index (κ1) is 13.3. The van der Waals surface area contributed by atoms with Crippen LogP contribution in [0.25, 0.3) is 0 Å². The van der Waals surface area contributed by atoms with Gasteiger partial charge >= 0.3 is 5.97 Å². The molecule has 0 bridgehead atoms. The third kappa shape index (κ3) is 2.60. The van der Waals surface area contributed by atoms with Crippen LogP contribution >= 0.6 is 0 Å². The SMILES string of the molecule is O=C(O)C1COCC1Nc1ncnc2c1CCCCC2. The molecule has 2 aliphatic rings. The predicted molar refractivity (Wildman–Crippen MR) is 72.6 cm³/mol. The fourth-order valence-electron chi connectivity index (χ4n) is 2.94. The van der Waals surface area contributed by atoms with Crippen LogP contribution < -0.4 is 5.32 Å². The van der Waals surface area contributed by atoms with Gasteiger partial charge in [0.1, 0.15) is 18.1 Å². The predicted octanol–water partition coefficient (Wildman–Crippen LogP) is 1.26. The van der Waals surface area contributed by atoms with Crippen LogP contribution in [0.4, 0.5) is 5.82 Å². The minimum Gasteiger partial charge on any atom is -0.481 e. The van der Waals surface area contributed by atoms with E-state index in [1.807, 2.05) is 0 Å². The molecule has 1 aliphatic heterocycles. The van der Waals surface area contributed by atoms with Crippen molar-refractivity contribution in [2.45, 2.75) is 38.1 Å². The summed E-state index contributed by atoms with van der Waals surface area (Å²) in [4.78, 5) is 19.9. The molecule has 1 aromatic heterocycles. The molecule has 1 saturated heterocycles. The third-order valence-electron chi connectivity index (χ3n) is 4.09. The summed E-state index contributed by atoms with van der Waals surface area (Å²) < 4.78 is 5.29. The van der Waals surface area contributed by atoms with Gasteiger partial charge in [0.25, 0.3) is 0 Å². The van der Waals surface area contributed by atoms with Crippen molar-refractivity contribution < 1.29 is 14.6 Å². The number of hydrogen-bond donors (Lipinski definition) is 2. The molecule has 1 fully saturated rings. The molecule has 2 atom stereocenters. The highest BCUT2D eigenvalue weighted by atomic mass is 16.5. The van der Waals surface area contributed by atoms with Crippen LogP contribution in [0.2, 0.25) is 0 Å². The lowest BCUT2D eigenvalue weighted by Gasteiger charge is -2.19. The smallest absolute Gasteiger partial charge is 0.311 e. The van der Waals surface area contributed by atoms with Gasteiger partial charge in [-0.1, -0.05) is 6.42 Å². The maximum absolute atomic E-state index is 11.2. The number of nitrogens with one attached hydrogen (secondary N) is 1. The summed E-state index contributed by atoms with van der Waals surface area (Å²) in [5.74, 6) is -0.537. The Morgan fingerprint density at radius 2 is 2.10 bits per heavy atom. The second-order valence-electron chi connectivity index (χ2n) is 5.44. The summed E-state index contributed by atoms with van der Waals surface area (Å²) >= 11 is 0. The molecular formula is C14H19N3O3. The zero-order valence-corrected chi connectivity index (χ0v) is 11.3. The number of carboxylic acids is 1. The van der Waals surface area contributed by atoms with Crippen molar-refractivity contribution in [3.05, 3.63) is 17.6 Å². The van der Waals surface area contributed by atoms with Crippen LogP contribution in [-0.4, -0.2) is 40.3 Å². The van der Waals surface area contributed by atoms with Gasteiger partial charge in [0, 0.05) is 11.3 Å². The Bertz CT molecular complexity index is 506. The lowest BCUT2D eigenvalue weighted by molar-refractivity contribution is -0.141. The van der Waals surface area contributed by atoms with Crippen molar-refractivity contribution >= 4 is 11.8 Å². The van der Waals surface area contributed by atoms with Gasteiger partial charge in [-0.25, -0.2) is 9.97 Å². The first-order valence-electron chi connectivity index (χ1n) is 7.15. The van der Waals surface area contributed by atoms with Crippen LogP contribution in [0.5, 0.6) is 0 Å². The molecule has 1 aromatic rings. The van der Waals surface area contributed by atoms with Crippen molar-refractivity contribution in [3.63, 3.8) is 0 Å². The number of ether oxygens (including phenoxy) is 1. The summed E-state index contributed by atoms with van der Waals surface area (Å²) in [5.41, 5.74) is 2.26. The summed E-state index contributed by atoms with van der Waals surface area (Å²) in [5, 5.41) is 12.5. The number of aryl methyl sites for hydroxylation is 1. The van der Waals surface area contributed by atoms with Gasteiger partial charge in [-0.15, -0.1) is 0 Å². The molecule has 108 valence electrons. The number of anilines is 1. The Hall–Kier alpha value is -1.69. The molecular weight excluding hydrogens is 258 g/mol. The van der Waals surface area contributed by atoms with Crippen LogP contribution in [-0.2, 0) is 22.4 Å². The van der Waals surface area contributed by atoms with E-state index in [4.69, 9.17) is 4.74 Å². The molecule has 0 aromatic carbocycles. The average Bonchev–Trinajstić information content (AvgIpc) is 2.75. The van der Waals surface area contributed by atoms with Gasteiger partial charge in [0.15, 0.2) is 0 Å². The first-order chi connectivity index (χ1) is 9.75. The lowest BCUT2D eigenvalue weighted by Crippen LogP contribution is -2.34. The molecule has 3 rings (SSSR count). The highest BCUT2D eigenvalue weighted by molar-refractivity contribution is 5.72. The zero-order chi connectivity index (χ0) is 13.9. The van der Waals surface area contributed by atoms with Gasteiger partial charge < -0.3 is 15.2 Å². The molecule has 2 heterocycles. The molecule has 6 nitrogen and oxygen atoms in total. The second-order valence-corrected chi connectivity index (χ2v) is 5.44. The highest BCUT2D eigenvalue weighted by Crippen LogP contribution is 2.26. The van der Waals surface area contributed by atoms with E-state index in [0.717, 1.165) is 42.8 Å². The topological polar surface area (TPSA) is 84.3 Å².